The molecule has 0 spiro atoms. The minimum absolute atomic E-state index is 0.239. The van der Waals surface area contributed by atoms with Crippen LogP contribution in [-0.2, 0) is 11.2 Å². The number of hydrogen-bond donors (Lipinski definition) is 1. The number of para-hydroxylation sites is 1. The van der Waals surface area contributed by atoms with E-state index in [1.54, 1.807) is 6.08 Å². The molecular formula is C20H20N2O4S. The Kier molecular flexibility index (Phi) is 6.03. The molecule has 0 fully saturated rings. The average Bonchev–Trinajstić information content (AvgIpc) is 3.02. The summed E-state index contributed by atoms with van der Waals surface area (Å²) in [5.74, 6) is 0.812. The van der Waals surface area contributed by atoms with Gasteiger partial charge in [-0.25, -0.2) is 9.78 Å². The molecule has 0 aliphatic carbocycles. The summed E-state index contributed by atoms with van der Waals surface area (Å²) in [6.45, 7) is 4.65. The fraction of sp³-hybridized carbons (Fsp3) is 0.250. The molecular weight excluding hydrogens is 364 g/mol. The smallest absolute Gasteiger partial charge is 0.347 e. The summed E-state index contributed by atoms with van der Waals surface area (Å²) in [6, 6.07) is 7.51. The molecule has 2 heterocycles. The maximum Gasteiger partial charge on any atom is 0.347 e. The number of rotatable bonds is 7. The highest BCUT2D eigenvalue weighted by Crippen LogP contribution is 2.21. The normalized spacial score (nSPS) is 11.2. The molecule has 0 aliphatic heterocycles. The number of aromatic nitrogens is 1. The molecule has 0 unspecified atom stereocenters. The molecule has 3 rings (SSSR count). The van der Waals surface area contributed by atoms with E-state index >= 15 is 0 Å². The summed E-state index contributed by atoms with van der Waals surface area (Å²) >= 11 is 1.41. The van der Waals surface area contributed by atoms with Crippen molar-refractivity contribution in [3.05, 3.63) is 63.2 Å². The van der Waals surface area contributed by atoms with E-state index in [-0.39, 0.29) is 11.5 Å². The third-order valence-electron chi connectivity index (χ3n) is 3.87. The molecule has 140 valence electrons. The molecule has 2 aromatic heterocycles. The monoisotopic (exact) mass is 384 g/mol. The van der Waals surface area contributed by atoms with E-state index in [1.165, 1.54) is 17.4 Å². The Morgan fingerprint density at radius 2 is 2.19 bits per heavy atom. The van der Waals surface area contributed by atoms with Crippen LogP contribution in [0.25, 0.3) is 16.3 Å². The first kappa shape index (κ1) is 18.8. The number of nitrogens with zero attached hydrogens (tertiary/aromatic N) is 1. The van der Waals surface area contributed by atoms with Crippen LogP contribution in [0.4, 0.5) is 0 Å². The van der Waals surface area contributed by atoms with Gasteiger partial charge in [0.05, 0.1) is 12.0 Å². The standard InChI is InChI=1S/C20H20N2O4S/c1-3-25-15-7-5-4-6-14(15)8-9-16(23)21-11-10-17-22-19-18(20(24)26-17)13(2)12-27-19/h4-9,12H,3,10-11H2,1-2H3,(H,21,23). The van der Waals surface area contributed by atoms with Crippen LogP contribution in [-0.4, -0.2) is 24.0 Å². The van der Waals surface area contributed by atoms with Crippen molar-refractivity contribution in [3.63, 3.8) is 0 Å². The van der Waals surface area contributed by atoms with E-state index in [0.717, 1.165) is 16.9 Å². The highest BCUT2D eigenvalue weighted by molar-refractivity contribution is 7.16. The van der Waals surface area contributed by atoms with Crippen molar-refractivity contribution in [2.75, 3.05) is 13.2 Å². The van der Waals surface area contributed by atoms with Crippen molar-refractivity contribution in [1.29, 1.82) is 0 Å². The second kappa shape index (κ2) is 8.64. The van der Waals surface area contributed by atoms with Gasteiger partial charge in [-0.1, -0.05) is 18.2 Å². The number of benzene rings is 1. The number of aryl methyl sites for hydroxylation is 1. The van der Waals surface area contributed by atoms with Crippen molar-refractivity contribution < 1.29 is 13.9 Å². The van der Waals surface area contributed by atoms with E-state index in [1.807, 2.05) is 43.5 Å². The molecule has 6 nitrogen and oxygen atoms in total. The average molecular weight is 384 g/mol. The number of carbonyl (C=O) groups is 1. The Hall–Kier alpha value is -2.93. The molecule has 1 amide bonds. The van der Waals surface area contributed by atoms with Crippen molar-refractivity contribution >= 4 is 33.5 Å². The van der Waals surface area contributed by atoms with Gasteiger partial charge in [-0.2, -0.15) is 0 Å². The molecule has 0 bridgehead atoms. The minimum Gasteiger partial charge on any atom is -0.493 e. The van der Waals surface area contributed by atoms with Crippen LogP contribution < -0.4 is 15.7 Å². The Balaban J connectivity index is 1.58. The molecule has 0 aliphatic rings. The van der Waals surface area contributed by atoms with Gasteiger partial charge in [0.15, 0.2) is 0 Å². The Labute approximate surface area is 160 Å². The second-order valence-electron chi connectivity index (χ2n) is 5.84. The van der Waals surface area contributed by atoms with E-state index in [4.69, 9.17) is 9.15 Å². The highest BCUT2D eigenvalue weighted by Gasteiger charge is 2.10. The molecule has 0 atom stereocenters. The van der Waals surface area contributed by atoms with Crippen molar-refractivity contribution in [2.45, 2.75) is 20.3 Å². The summed E-state index contributed by atoms with van der Waals surface area (Å²) in [6.07, 6.45) is 3.50. The summed E-state index contributed by atoms with van der Waals surface area (Å²) in [7, 11) is 0. The van der Waals surface area contributed by atoms with Gasteiger partial charge >= 0.3 is 5.63 Å². The lowest BCUT2D eigenvalue weighted by atomic mass is 10.2. The van der Waals surface area contributed by atoms with Crippen molar-refractivity contribution in [2.24, 2.45) is 0 Å². The number of amides is 1. The zero-order chi connectivity index (χ0) is 19.2. The maximum atomic E-state index is 12.0. The van der Waals surface area contributed by atoms with E-state index in [0.29, 0.717) is 35.7 Å². The van der Waals surface area contributed by atoms with Gasteiger partial charge in [-0.3, -0.25) is 4.79 Å². The zero-order valence-corrected chi connectivity index (χ0v) is 16.0. The van der Waals surface area contributed by atoms with E-state index < -0.39 is 0 Å². The van der Waals surface area contributed by atoms with E-state index in [2.05, 4.69) is 10.3 Å². The molecule has 0 saturated heterocycles. The molecule has 0 saturated carbocycles. The predicted octanol–water partition coefficient (Wildman–Crippen LogP) is 3.33. The first-order valence-corrected chi connectivity index (χ1v) is 9.52. The predicted molar refractivity (Wildman–Crippen MR) is 106 cm³/mol. The summed E-state index contributed by atoms with van der Waals surface area (Å²) < 4.78 is 10.8. The SMILES string of the molecule is CCOc1ccccc1C=CC(=O)NCCc1nc2scc(C)c2c(=O)o1. The topological polar surface area (TPSA) is 81.4 Å². The van der Waals surface area contributed by atoms with Crippen LogP contribution in [0.15, 0.2) is 44.9 Å². The lowest BCUT2D eigenvalue weighted by Crippen LogP contribution is -2.24. The minimum atomic E-state index is -0.382. The Morgan fingerprint density at radius 3 is 3.00 bits per heavy atom. The lowest BCUT2D eigenvalue weighted by molar-refractivity contribution is -0.116. The number of nitrogens with one attached hydrogen (secondary N) is 1. The van der Waals surface area contributed by atoms with Crippen LogP contribution in [0.5, 0.6) is 5.75 Å². The number of fused-ring (bicyclic) bond motifs is 1. The Morgan fingerprint density at radius 1 is 1.37 bits per heavy atom. The summed E-state index contributed by atoms with van der Waals surface area (Å²) in [5, 5.41) is 5.17. The molecule has 7 heteroatoms. The number of hydrogen-bond acceptors (Lipinski definition) is 6. The number of carbonyl (C=O) groups excluding carboxylic acids is 1. The first-order valence-electron chi connectivity index (χ1n) is 8.64. The van der Waals surface area contributed by atoms with Gasteiger partial charge in [0, 0.05) is 24.6 Å². The van der Waals surface area contributed by atoms with E-state index in [9.17, 15) is 9.59 Å². The van der Waals surface area contributed by atoms with Gasteiger partial charge in [-0.15, -0.1) is 11.3 Å². The van der Waals surface area contributed by atoms with Gasteiger partial charge < -0.3 is 14.5 Å². The number of ether oxygens (including phenoxy) is 1. The second-order valence-corrected chi connectivity index (χ2v) is 6.70. The lowest BCUT2D eigenvalue weighted by Gasteiger charge is -2.06. The largest absolute Gasteiger partial charge is 0.493 e. The van der Waals surface area contributed by atoms with Crippen LogP contribution >= 0.6 is 11.3 Å². The van der Waals surface area contributed by atoms with Gasteiger partial charge in [0.25, 0.3) is 0 Å². The molecule has 3 aromatic rings. The van der Waals surface area contributed by atoms with Crippen LogP contribution in [0.2, 0.25) is 0 Å². The molecule has 27 heavy (non-hydrogen) atoms. The van der Waals surface area contributed by atoms with Gasteiger partial charge in [0.1, 0.15) is 10.6 Å². The summed E-state index contributed by atoms with van der Waals surface area (Å²) in [5.41, 5.74) is 1.32. The van der Waals surface area contributed by atoms with Gasteiger partial charge in [-0.05, 0) is 36.9 Å². The van der Waals surface area contributed by atoms with Crippen molar-refractivity contribution in [1.82, 2.24) is 10.3 Å². The zero-order valence-electron chi connectivity index (χ0n) is 15.2. The van der Waals surface area contributed by atoms with Gasteiger partial charge in [0.2, 0.25) is 11.8 Å². The molecule has 1 aromatic carbocycles. The Bertz CT molecular complexity index is 1040. The van der Waals surface area contributed by atoms with Crippen LogP contribution in [0, 0.1) is 6.92 Å². The molecule has 1 N–H and O–H groups in total. The third kappa shape index (κ3) is 4.62. The highest BCUT2D eigenvalue weighted by atomic mass is 32.1. The van der Waals surface area contributed by atoms with Crippen LogP contribution in [0.1, 0.15) is 23.9 Å². The first-order chi connectivity index (χ1) is 13.1. The summed E-state index contributed by atoms with van der Waals surface area (Å²) in [4.78, 5) is 29.0. The number of thiophene rings is 1. The molecule has 0 radical (unpaired) electrons. The maximum absolute atomic E-state index is 12.0. The van der Waals surface area contributed by atoms with Crippen LogP contribution in [0.3, 0.4) is 0 Å². The quantitative estimate of drug-likeness (QED) is 0.632. The van der Waals surface area contributed by atoms with Crippen molar-refractivity contribution in [3.8, 4) is 5.75 Å². The fourth-order valence-corrected chi connectivity index (χ4v) is 3.51. The third-order valence-corrected chi connectivity index (χ3v) is 4.86. The fourth-order valence-electron chi connectivity index (χ4n) is 2.58.